The molecule has 2 aliphatic carbocycles. The van der Waals surface area contributed by atoms with Gasteiger partial charge in [0.1, 0.15) is 5.52 Å². The molecule has 1 saturated heterocycles. The fourth-order valence-corrected chi connectivity index (χ4v) is 6.81. The van der Waals surface area contributed by atoms with E-state index in [1.807, 2.05) is 0 Å². The summed E-state index contributed by atoms with van der Waals surface area (Å²) in [5, 5.41) is 0.326. The summed E-state index contributed by atoms with van der Waals surface area (Å²) in [6, 6.07) is 10.8. The van der Waals surface area contributed by atoms with Crippen molar-refractivity contribution in [1.82, 2.24) is 19.5 Å². The Kier molecular flexibility index (Phi) is 7.16. The predicted molar refractivity (Wildman–Crippen MR) is 145 cm³/mol. The first kappa shape index (κ1) is 24.2. The SMILES string of the molecule is CC1CCC(Cn2c(N3CCOCC3c3ccccc3)nc3nc(Cl)nc(C4CCCCC4)c32)CC1. The van der Waals surface area contributed by atoms with Crippen LogP contribution in [-0.4, -0.2) is 39.3 Å². The highest BCUT2D eigenvalue weighted by Gasteiger charge is 2.33. The molecule has 3 aliphatic rings. The summed E-state index contributed by atoms with van der Waals surface area (Å²) >= 11 is 6.52. The zero-order valence-electron chi connectivity index (χ0n) is 21.4. The monoisotopic (exact) mass is 507 g/mol. The van der Waals surface area contributed by atoms with E-state index in [9.17, 15) is 0 Å². The van der Waals surface area contributed by atoms with Crippen molar-refractivity contribution in [3.05, 3.63) is 46.9 Å². The summed E-state index contributed by atoms with van der Waals surface area (Å²) in [5.74, 6) is 2.94. The first-order valence-electron chi connectivity index (χ1n) is 14.0. The van der Waals surface area contributed by atoms with Gasteiger partial charge in [-0.25, -0.2) is 4.98 Å². The lowest BCUT2D eigenvalue weighted by Gasteiger charge is -2.37. The number of anilines is 1. The maximum absolute atomic E-state index is 6.52. The smallest absolute Gasteiger partial charge is 0.224 e. The number of benzene rings is 1. The highest BCUT2D eigenvalue weighted by atomic mass is 35.5. The quantitative estimate of drug-likeness (QED) is 0.350. The van der Waals surface area contributed by atoms with Gasteiger partial charge in [0, 0.05) is 19.0 Å². The Bertz CT molecular complexity index is 1170. The van der Waals surface area contributed by atoms with Gasteiger partial charge in [-0.05, 0) is 54.7 Å². The Morgan fingerprint density at radius 3 is 2.50 bits per heavy atom. The molecule has 1 atom stereocenters. The van der Waals surface area contributed by atoms with Crippen molar-refractivity contribution < 1.29 is 4.74 Å². The number of hydrogen-bond donors (Lipinski definition) is 0. The number of imidazole rings is 1. The van der Waals surface area contributed by atoms with E-state index < -0.39 is 0 Å². The molecule has 192 valence electrons. The molecule has 2 aromatic heterocycles. The van der Waals surface area contributed by atoms with E-state index in [0.717, 1.165) is 41.8 Å². The molecule has 6 rings (SSSR count). The summed E-state index contributed by atoms with van der Waals surface area (Å²) in [6.45, 7) is 5.54. The van der Waals surface area contributed by atoms with Crippen LogP contribution in [-0.2, 0) is 11.3 Å². The molecule has 0 bridgehead atoms. The highest BCUT2D eigenvalue weighted by molar-refractivity contribution is 6.28. The topological polar surface area (TPSA) is 56.1 Å². The van der Waals surface area contributed by atoms with Gasteiger partial charge < -0.3 is 14.2 Å². The normalized spacial score (nSPS) is 25.9. The molecule has 1 unspecified atom stereocenters. The van der Waals surface area contributed by atoms with Gasteiger partial charge in [-0.1, -0.05) is 69.4 Å². The van der Waals surface area contributed by atoms with Gasteiger partial charge in [-0.15, -0.1) is 0 Å². The van der Waals surface area contributed by atoms with Crippen molar-refractivity contribution >= 4 is 28.7 Å². The third-order valence-electron chi connectivity index (χ3n) is 8.72. The molecule has 0 amide bonds. The van der Waals surface area contributed by atoms with Crippen molar-refractivity contribution in [2.24, 2.45) is 11.8 Å². The molecule has 3 heterocycles. The van der Waals surface area contributed by atoms with Crippen LogP contribution in [0.2, 0.25) is 5.28 Å². The van der Waals surface area contributed by atoms with E-state index in [-0.39, 0.29) is 6.04 Å². The molecule has 0 N–H and O–H groups in total. The average Bonchev–Trinajstić information content (AvgIpc) is 3.28. The number of nitrogens with zero attached hydrogens (tertiary/aromatic N) is 5. The van der Waals surface area contributed by atoms with Gasteiger partial charge in [0.15, 0.2) is 5.65 Å². The molecular weight excluding hydrogens is 470 g/mol. The second-order valence-corrected chi connectivity index (χ2v) is 11.6. The van der Waals surface area contributed by atoms with Crippen LogP contribution < -0.4 is 4.90 Å². The van der Waals surface area contributed by atoms with Crippen molar-refractivity contribution in [3.63, 3.8) is 0 Å². The van der Waals surface area contributed by atoms with E-state index in [2.05, 4.69) is 51.7 Å². The minimum Gasteiger partial charge on any atom is -0.377 e. The summed E-state index contributed by atoms with van der Waals surface area (Å²) < 4.78 is 8.46. The lowest BCUT2D eigenvalue weighted by Crippen LogP contribution is -2.41. The van der Waals surface area contributed by atoms with Crippen LogP contribution in [0.1, 0.15) is 87.9 Å². The van der Waals surface area contributed by atoms with Gasteiger partial charge in [0.05, 0.1) is 24.9 Å². The largest absolute Gasteiger partial charge is 0.377 e. The van der Waals surface area contributed by atoms with Gasteiger partial charge in [-0.3, -0.25) is 0 Å². The van der Waals surface area contributed by atoms with E-state index in [4.69, 9.17) is 26.3 Å². The Morgan fingerprint density at radius 2 is 1.72 bits per heavy atom. The minimum atomic E-state index is 0.128. The average molecular weight is 508 g/mol. The van der Waals surface area contributed by atoms with Crippen molar-refractivity contribution in [2.45, 2.75) is 83.2 Å². The van der Waals surface area contributed by atoms with Crippen LogP contribution in [0, 0.1) is 11.8 Å². The second kappa shape index (κ2) is 10.7. The lowest BCUT2D eigenvalue weighted by molar-refractivity contribution is 0.0927. The van der Waals surface area contributed by atoms with Gasteiger partial charge in [-0.2, -0.15) is 9.97 Å². The van der Waals surface area contributed by atoms with Crippen LogP contribution in [0.3, 0.4) is 0 Å². The Morgan fingerprint density at radius 1 is 0.944 bits per heavy atom. The second-order valence-electron chi connectivity index (χ2n) is 11.2. The number of morpholine rings is 1. The van der Waals surface area contributed by atoms with Crippen molar-refractivity contribution in [1.29, 1.82) is 0 Å². The van der Waals surface area contributed by atoms with Gasteiger partial charge in [0.2, 0.25) is 11.2 Å². The maximum atomic E-state index is 6.52. The van der Waals surface area contributed by atoms with Crippen LogP contribution in [0.5, 0.6) is 0 Å². The van der Waals surface area contributed by atoms with E-state index in [1.165, 1.54) is 63.4 Å². The summed E-state index contributed by atoms with van der Waals surface area (Å²) in [5.41, 5.74) is 4.27. The summed E-state index contributed by atoms with van der Waals surface area (Å²) in [7, 11) is 0. The van der Waals surface area contributed by atoms with Crippen LogP contribution >= 0.6 is 11.6 Å². The number of fused-ring (bicyclic) bond motifs is 1. The van der Waals surface area contributed by atoms with E-state index in [0.29, 0.717) is 30.3 Å². The van der Waals surface area contributed by atoms with Crippen LogP contribution in [0.4, 0.5) is 5.95 Å². The number of hydrogen-bond acceptors (Lipinski definition) is 5. The van der Waals surface area contributed by atoms with Gasteiger partial charge in [0.25, 0.3) is 0 Å². The van der Waals surface area contributed by atoms with Crippen molar-refractivity contribution in [3.8, 4) is 0 Å². The number of aromatic nitrogens is 4. The Labute approximate surface area is 219 Å². The fourth-order valence-electron chi connectivity index (χ4n) is 6.64. The third-order valence-corrected chi connectivity index (χ3v) is 8.89. The Balaban J connectivity index is 1.47. The van der Waals surface area contributed by atoms with Gasteiger partial charge >= 0.3 is 0 Å². The van der Waals surface area contributed by atoms with Crippen LogP contribution in [0.25, 0.3) is 11.2 Å². The van der Waals surface area contributed by atoms with E-state index >= 15 is 0 Å². The first-order chi connectivity index (χ1) is 17.7. The maximum Gasteiger partial charge on any atom is 0.224 e. The third kappa shape index (κ3) is 4.87. The molecule has 6 nitrogen and oxygen atoms in total. The number of halogens is 1. The fraction of sp³-hybridized carbons (Fsp3) is 0.621. The minimum absolute atomic E-state index is 0.128. The zero-order valence-corrected chi connectivity index (χ0v) is 22.2. The zero-order chi connectivity index (χ0) is 24.5. The molecule has 1 aliphatic heterocycles. The highest BCUT2D eigenvalue weighted by Crippen LogP contribution is 2.40. The summed E-state index contributed by atoms with van der Waals surface area (Å²) in [4.78, 5) is 17.2. The number of rotatable bonds is 5. The summed E-state index contributed by atoms with van der Waals surface area (Å²) in [6.07, 6.45) is 11.4. The molecule has 3 fully saturated rings. The van der Waals surface area contributed by atoms with Crippen molar-refractivity contribution in [2.75, 3.05) is 24.7 Å². The molecule has 0 spiro atoms. The van der Waals surface area contributed by atoms with E-state index in [1.54, 1.807) is 0 Å². The molecular formula is C29H38ClN5O. The molecule has 3 aromatic rings. The lowest BCUT2D eigenvalue weighted by atomic mass is 9.83. The molecule has 2 saturated carbocycles. The predicted octanol–water partition coefficient (Wildman–Crippen LogP) is 6.93. The Hall–Kier alpha value is -2.18. The molecule has 7 heteroatoms. The number of ether oxygens (including phenoxy) is 1. The van der Waals surface area contributed by atoms with Crippen LogP contribution in [0.15, 0.2) is 30.3 Å². The first-order valence-corrected chi connectivity index (χ1v) is 14.4. The molecule has 36 heavy (non-hydrogen) atoms. The molecule has 0 radical (unpaired) electrons. The standard InChI is InChI=1S/C29H38ClN5O/c1-20-12-14-21(15-13-20)18-35-26-25(23-10-6-3-7-11-23)31-28(30)32-27(26)33-29(35)34-16-17-36-19-24(34)22-8-4-2-5-9-22/h2,4-5,8-9,20-21,23-24H,3,6-7,10-19H2,1H3. The molecule has 1 aromatic carbocycles.